The first kappa shape index (κ1) is 17.6. The molecule has 0 saturated carbocycles. The standard InChI is InChI=1S/C32H30N4OSi2/c1-33-19-35-25-17-21(13-15-27(25)38(3,4)29-11-7-9-23(33)31(29)35)37-22-14-16-28-26(18-22)36-20-34(2)24-10-8-12-30(32(24)36)39(28,5)6/h7-18H,1-6H3/i1D3,2D3. The quantitative estimate of drug-likeness (QED) is 0.186. The molecule has 8 rings (SSSR count). The van der Waals surface area contributed by atoms with Crippen LogP contribution >= 0.6 is 0 Å². The topological polar surface area (TPSA) is 26.8 Å². The third-order valence-corrected chi connectivity index (χ3v) is 15.7. The average molecular weight is 549 g/mol. The van der Waals surface area contributed by atoms with Gasteiger partial charge in [0.2, 0.25) is 12.7 Å². The zero-order chi connectivity index (χ0) is 31.8. The highest BCUT2D eigenvalue weighted by Gasteiger charge is 2.36. The van der Waals surface area contributed by atoms with Crippen molar-refractivity contribution in [1.29, 1.82) is 0 Å². The number of aromatic nitrogens is 4. The fourth-order valence-electron chi connectivity index (χ4n) is 6.66. The van der Waals surface area contributed by atoms with Crippen LogP contribution in [0.15, 0.2) is 72.8 Å². The fraction of sp³-hybridized carbons (Fsp3) is 0.188. The van der Waals surface area contributed by atoms with E-state index in [9.17, 15) is 0 Å². The van der Waals surface area contributed by atoms with Gasteiger partial charge >= 0.3 is 0 Å². The van der Waals surface area contributed by atoms with Gasteiger partial charge in [-0.1, -0.05) is 95.5 Å². The van der Waals surface area contributed by atoms with Crippen LogP contribution < -0.4 is 34.6 Å². The fourth-order valence-corrected chi connectivity index (χ4v) is 12.6. The van der Waals surface area contributed by atoms with Gasteiger partial charge in [0.15, 0.2) is 0 Å². The number of hydrogen-bond acceptors (Lipinski definition) is 1. The molecule has 0 saturated heterocycles. The van der Waals surface area contributed by atoms with Crippen LogP contribution in [0.25, 0.3) is 33.4 Å². The number of ether oxygens (including phenoxy) is 1. The normalized spacial score (nSPS) is 18.8. The lowest BCUT2D eigenvalue weighted by molar-refractivity contribution is -0.649. The third kappa shape index (κ3) is 2.89. The maximum absolute atomic E-state index is 8.14. The van der Waals surface area contributed by atoms with E-state index in [1.54, 1.807) is 0 Å². The summed E-state index contributed by atoms with van der Waals surface area (Å²) in [5.74, 6) is 1.22. The van der Waals surface area contributed by atoms with Gasteiger partial charge in [0.05, 0.1) is 55.6 Å². The molecule has 2 aliphatic heterocycles. The molecular formula is C32H30N4OSi2. The molecule has 4 heterocycles. The van der Waals surface area contributed by atoms with Crippen LogP contribution in [0.5, 0.6) is 11.5 Å². The van der Waals surface area contributed by atoms with E-state index in [4.69, 9.17) is 13.0 Å². The van der Waals surface area contributed by atoms with Gasteiger partial charge in [0, 0.05) is 0 Å². The highest BCUT2D eigenvalue weighted by Crippen LogP contribution is 2.32. The van der Waals surface area contributed by atoms with E-state index >= 15 is 0 Å². The number of aryl methyl sites for hydroxylation is 2. The van der Waals surface area contributed by atoms with Crippen molar-refractivity contribution in [2.45, 2.75) is 26.2 Å². The summed E-state index contributed by atoms with van der Waals surface area (Å²) in [6.07, 6.45) is 6.26. The molecule has 6 aromatic rings. The highest BCUT2D eigenvalue weighted by molar-refractivity contribution is 7.03. The number of imidazole rings is 2. The molecule has 0 aliphatic carbocycles. The van der Waals surface area contributed by atoms with Gasteiger partial charge < -0.3 is 23.0 Å². The van der Waals surface area contributed by atoms with E-state index in [1.807, 2.05) is 57.7 Å². The van der Waals surface area contributed by atoms with Crippen LogP contribution in [0.3, 0.4) is 0 Å². The number of fused-ring (bicyclic) bond motifs is 4. The molecule has 2 aliphatic rings. The van der Waals surface area contributed by atoms with E-state index < -0.39 is 30.1 Å². The molecule has 0 bridgehead atoms. The Morgan fingerprint density at radius 2 is 1.10 bits per heavy atom. The Kier molecular flexibility index (Phi) is 3.33. The molecule has 192 valence electrons. The SMILES string of the molecule is [2H]C([2H])([2H])[n+]1[c-]n2c3c(cccc31)[Si](C)(C)c1ccc(Oc3ccc4c(c3)-n3[c-][n+](C([2H])([2H])[2H])c5cccc(c53)[Si]4(C)C)cc1-2. The maximum Gasteiger partial charge on any atom is 0.244 e. The van der Waals surface area contributed by atoms with Gasteiger partial charge in [-0.25, -0.2) is 0 Å². The molecule has 39 heavy (non-hydrogen) atoms. The maximum atomic E-state index is 8.14. The number of rotatable bonds is 2. The van der Waals surface area contributed by atoms with E-state index in [-0.39, 0.29) is 0 Å². The van der Waals surface area contributed by atoms with Crippen molar-refractivity contribution < 1.29 is 22.1 Å². The van der Waals surface area contributed by atoms with Crippen LogP contribution in [0.4, 0.5) is 0 Å². The molecule has 2 aromatic heterocycles. The Bertz CT molecular complexity index is 2090. The van der Waals surface area contributed by atoms with Crippen LogP contribution in [0.1, 0.15) is 8.22 Å². The lowest BCUT2D eigenvalue weighted by Gasteiger charge is -2.34. The Morgan fingerprint density at radius 1 is 0.641 bits per heavy atom. The molecule has 5 nitrogen and oxygen atoms in total. The Labute approximate surface area is 238 Å². The lowest BCUT2D eigenvalue weighted by Crippen LogP contribution is -2.57. The zero-order valence-electron chi connectivity index (χ0n) is 28.1. The van der Waals surface area contributed by atoms with Gasteiger partial charge in [-0.05, 0) is 24.3 Å². The van der Waals surface area contributed by atoms with E-state index in [0.29, 0.717) is 22.5 Å². The highest BCUT2D eigenvalue weighted by atomic mass is 28.3. The van der Waals surface area contributed by atoms with Crippen molar-refractivity contribution in [3.63, 3.8) is 0 Å². The third-order valence-electron chi connectivity index (χ3n) is 8.71. The summed E-state index contributed by atoms with van der Waals surface area (Å²) in [6, 6.07) is 23.8. The molecule has 0 N–H and O–H groups in total. The number of hydrogen-bond donors (Lipinski definition) is 0. The summed E-state index contributed by atoms with van der Waals surface area (Å²) in [4.78, 5) is 0. The summed E-state index contributed by atoms with van der Waals surface area (Å²) in [5, 5.41) is 4.69. The minimum atomic E-state index is -2.37. The second-order valence-electron chi connectivity index (χ2n) is 11.6. The smallest absolute Gasteiger partial charge is 0.244 e. The van der Waals surface area contributed by atoms with Crippen molar-refractivity contribution in [3.8, 4) is 22.9 Å². The number of nitrogens with zero attached hydrogens (tertiary/aromatic N) is 4. The predicted octanol–water partition coefficient (Wildman–Crippen LogP) is 2.89. The number of para-hydroxylation sites is 2. The second kappa shape index (κ2) is 7.37. The molecule has 0 spiro atoms. The first-order valence-electron chi connectivity index (χ1n) is 16.1. The summed E-state index contributed by atoms with van der Waals surface area (Å²) in [6.45, 7) is 4.39. The molecule has 0 amide bonds. The van der Waals surface area contributed by atoms with Gasteiger partial charge in [0.1, 0.15) is 27.6 Å². The predicted molar refractivity (Wildman–Crippen MR) is 160 cm³/mol. The Morgan fingerprint density at radius 3 is 1.54 bits per heavy atom. The van der Waals surface area contributed by atoms with E-state index in [0.717, 1.165) is 22.4 Å². The van der Waals surface area contributed by atoms with E-state index in [2.05, 4.69) is 63.1 Å². The van der Waals surface area contributed by atoms with E-state index in [1.165, 1.54) is 29.9 Å². The zero-order valence-corrected chi connectivity index (χ0v) is 24.1. The van der Waals surface area contributed by atoms with Crippen molar-refractivity contribution in [1.82, 2.24) is 9.13 Å². The Hall–Kier alpha value is -3.95. The van der Waals surface area contributed by atoms with Crippen LogP contribution in [0, 0.1) is 12.7 Å². The van der Waals surface area contributed by atoms with Crippen LogP contribution in [0.2, 0.25) is 26.2 Å². The average Bonchev–Trinajstić information content (AvgIpc) is 3.56. The molecule has 0 atom stereocenters. The van der Waals surface area contributed by atoms with Crippen molar-refractivity contribution in [3.05, 3.63) is 85.5 Å². The molecule has 0 radical (unpaired) electrons. The minimum absolute atomic E-state index is 0.612. The summed E-state index contributed by atoms with van der Waals surface area (Å²) in [5.41, 5.74) is 4.77. The summed E-state index contributed by atoms with van der Waals surface area (Å²) >= 11 is 0. The molecule has 0 unspecified atom stereocenters. The van der Waals surface area contributed by atoms with Gasteiger partial charge in [-0.2, -0.15) is 0 Å². The first-order valence-corrected chi connectivity index (χ1v) is 19.1. The molecular weight excluding hydrogens is 513 g/mol. The largest absolute Gasteiger partial charge is 0.459 e. The van der Waals surface area contributed by atoms with Gasteiger partial charge in [0.25, 0.3) is 0 Å². The first-order chi connectivity index (χ1) is 21.1. The minimum Gasteiger partial charge on any atom is -0.459 e. The molecule has 7 heteroatoms. The second-order valence-corrected chi connectivity index (χ2v) is 20.3. The lowest BCUT2D eigenvalue weighted by atomic mass is 10.2. The number of benzene rings is 4. The van der Waals surface area contributed by atoms with Gasteiger partial charge in [-0.3, -0.25) is 0 Å². The van der Waals surface area contributed by atoms with Crippen LogP contribution in [-0.4, -0.2) is 25.3 Å². The molecule has 0 fully saturated rings. The summed E-state index contributed by atoms with van der Waals surface area (Å²) in [7, 11) is -4.35. The van der Waals surface area contributed by atoms with Gasteiger partial charge in [-0.15, -0.1) is 0 Å². The van der Waals surface area contributed by atoms with Crippen molar-refractivity contribution in [2.24, 2.45) is 14.0 Å². The van der Waals surface area contributed by atoms with Crippen molar-refractivity contribution in [2.75, 3.05) is 0 Å². The monoisotopic (exact) mass is 548 g/mol. The van der Waals surface area contributed by atoms with Crippen LogP contribution in [-0.2, 0) is 14.0 Å². The summed E-state index contributed by atoms with van der Waals surface area (Å²) < 4.78 is 61.6. The van der Waals surface area contributed by atoms with Crippen molar-refractivity contribution >= 4 is 59.0 Å². The Balaban J connectivity index is 1.27. The molecule has 4 aromatic carbocycles.